The Morgan fingerprint density at radius 1 is 1.10 bits per heavy atom. The van der Waals surface area contributed by atoms with E-state index in [1.165, 1.54) is 19.2 Å². The van der Waals surface area contributed by atoms with Crippen LogP contribution in [0.4, 0.5) is 0 Å². The Hall–Kier alpha value is -2.12. The van der Waals surface area contributed by atoms with Gasteiger partial charge < -0.3 is 9.57 Å². The first kappa shape index (κ1) is 14.3. The van der Waals surface area contributed by atoms with Gasteiger partial charge in [-0.25, -0.2) is 8.42 Å². The number of sulfonamides is 1. The number of fused-ring (bicyclic) bond motifs is 1. The Morgan fingerprint density at radius 3 is 2.45 bits per heavy atom. The second-order valence-electron chi connectivity index (χ2n) is 4.06. The van der Waals surface area contributed by atoms with Crippen molar-refractivity contribution >= 4 is 26.8 Å². The van der Waals surface area contributed by atoms with Gasteiger partial charge >= 0.3 is 5.97 Å². The molecule has 0 spiro atoms. The van der Waals surface area contributed by atoms with E-state index in [9.17, 15) is 13.2 Å². The molecule has 0 aromatic heterocycles. The highest BCUT2D eigenvalue weighted by Gasteiger charge is 2.16. The molecule has 20 heavy (non-hydrogen) atoms. The average molecular weight is 295 g/mol. The van der Waals surface area contributed by atoms with Crippen molar-refractivity contribution in [2.75, 3.05) is 7.11 Å². The zero-order chi connectivity index (χ0) is 14.8. The Balaban J connectivity index is 2.42. The van der Waals surface area contributed by atoms with Gasteiger partial charge in [0.1, 0.15) is 5.75 Å². The van der Waals surface area contributed by atoms with E-state index in [0.717, 1.165) is 12.3 Å². The molecule has 0 aliphatic rings. The Morgan fingerprint density at radius 2 is 1.80 bits per heavy atom. The van der Waals surface area contributed by atoms with Crippen molar-refractivity contribution in [1.29, 1.82) is 0 Å². The van der Waals surface area contributed by atoms with E-state index in [0.29, 0.717) is 11.1 Å². The van der Waals surface area contributed by atoms with Crippen LogP contribution in [0.25, 0.3) is 10.8 Å². The monoisotopic (exact) mass is 295 g/mol. The second kappa shape index (κ2) is 5.48. The number of hydrogen-bond acceptors (Lipinski definition) is 5. The van der Waals surface area contributed by atoms with Gasteiger partial charge in [0.15, 0.2) is 0 Å². The van der Waals surface area contributed by atoms with E-state index in [-0.39, 0.29) is 4.90 Å². The van der Waals surface area contributed by atoms with Crippen LogP contribution in [-0.2, 0) is 19.7 Å². The van der Waals surface area contributed by atoms with Crippen LogP contribution in [0.1, 0.15) is 6.92 Å². The molecule has 2 aromatic carbocycles. The predicted octanol–water partition coefficient (Wildman–Crippen LogP) is 1.60. The quantitative estimate of drug-likeness (QED) is 0.866. The molecular formula is C13H13NO5S. The van der Waals surface area contributed by atoms with Gasteiger partial charge in [-0.1, -0.05) is 12.1 Å². The van der Waals surface area contributed by atoms with E-state index >= 15 is 0 Å². The number of methoxy groups -OCH3 is 1. The van der Waals surface area contributed by atoms with E-state index < -0.39 is 16.0 Å². The number of rotatable bonds is 4. The number of carbonyl (C=O) groups excluding carboxylic acids is 1. The van der Waals surface area contributed by atoms with E-state index in [1.54, 1.807) is 23.1 Å². The summed E-state index contributed by atoms with van der Waals surface area (Å²) >= 11 is 0. The van der Waals surface area contributed by atoms with Gasteiger partial charge in [0.2, 0.25) is 0 Å². The third-order valence-corrected chi connectivity index (χ3v) is 3.80. The van der Waals surface area contributed by atoms with Gasteiger partial charge in [-0.3, -0.25) is 4.79 Å². The standard InChI is InChI=1S/C13H13NO5S/c1-9(15)19-14-20(16,17)13-6-4-10-3-5-12(18-2)7-11(10)8-13/h3-8,14H,1-2H3. The molecule has 0 unspecified atom stereocenters. The molecule has 0 bridgehead atoms. The third-order valence-electron chi connectivity index (χ3n) is 2.62. The molecule has 0 amide bonds. The van der Waals surface area contributed by atoms with E-state index in [2.05, 4.69) is 4.84 Å². The van der Waals surface area contributed by atoms with Crippen LogP contribution in [0.5, 0.6) is 5.75 Å². The summed E-state index contributed by atoms with van der Waals surface area (Å²) in [6.45, 7) is 1.10. The molecule has 0 saturated heterocycles. The van der Waals surface area contributed by atoms with Crippen LogP contribution in [0.15, 0.2) is 41.3 Å². The van der Waals surface area contributed by atoms with Crippen LogP contribution in [0.2, 0.25) is 0 Å². The highest BCUT2D eigenvalue weighted by molar-refractivity contribution is 7.89. The molecule has 0 aliphatic carbocycles. The van der Waals surface area contributed by atoms with E-state index in [1.807, 2.05) is 6.07 Å². The van der Waals surface area contributed by atoms with Crippen LogP contribution in [0, 0.1) is 0 Å². The minimum Gasteiger partial charge on any atom is -0.497 e. The van der Waals surface area contributed by atoms with Crippen LogP contribution < -0.4 is 9.62 Å². The Bertz CT molecular complexity index is 754. The van der Waals surface area contributed by atoms with Crippen LogP contribution >= 0.6 is 0 Å². The summed E-state index contributed by atoms with van der Waals surface area (Å²) in [6.07, 6.45) is 0. The molecule has 2 aromatic rings. The minimum atomic E-state index is -3.90. The maximum absolute atomic E-state index is 11.9. The van der Waals surface area contributed by atoms with Gasteiger partial charge in [0, 0.05) is 6.92 Å². The molecule has 0 aliphatic heterocycles. The smallest absolute Gasteiger partial charge is 0.323 e. The fraction of sp³-hybridized carbons (Fsp3) is 0.154. The summed E-state index contributed by atoms with van der Waals surface area (Å²) in [5.74, 6) is -0.115. The lowest BCUT2D eigenvalue weighted by molar-refractivity contribution is -0.144. The molecule has 0 heterocycles. The van der Waals surface area contributed by atoms with Gasteiger partial charge in [-0.2, -0.15) is 0 Å². The zero-order valence-electron chi connectivity index (χ0n) is 10.9. The lowest BCUT2D eigenvalue weighted by Gasteiger charge is -2.07. The first-order valence-corrected chi connectivity index (χ1v) is 7.18. The molecule has 7 heteroatoms. The van der Waals surface area contributed by atoms with Crippen molar-refractivity contribution in [1.82, 2.24) is 4.89 Å². The van der Waals surface area contributed by atoms with Crippen molar-refractivity contribution in [3.63, 3.8) is 0 Å². The molecule has 106 valence electrons. The molecule has 1 N–H and O–H groups in total. The molecule has 0 saturated carbocycles. The number of hydrogen-bond donors (Lipinski definition) is 1. The molecule has 0 fully saturated rings. The van der Waals surface area contributed by atoms with E-state index in [4.69, 9.17) is 4.74 Å². The van der Waals surface area contributed by atoms with Crippen LogP contribution in [-0.4, -0.2) is 21.5 Å². The van der Waals surface area contributed by atoms with Crippen molar-refractivity contribution in [2.24, 2.45) is 0 Å². The van der Waals surface area contributed by atoms with Gasteiger partial charge in [0.25, 0.3) is 10.0 Å². The normalized spacial score (nSPS) is 11.3. The number of benzene rings is 2. The lowest BCUT2D eigenvalue weighted by atomic mass is 10.1. The molecule has 0 atom stereocenters. The fourth-order valence-electron chi connectivity index (χ4n) is 1.66. The van der Waals surface area contributed by atoms with Gasteiger partial charge in [0.05, 0.1) is 12.0 Å². The van der Waals surface area contributed by atoms with Crippen molar-refractivity contribution < 1.29 is 22.8 Å². The summed E-state index contributed by atoms with van der Waals surface area (Å²) in [4.78, 5) is 16.7. The first-order valence-electron chi connectivity index (χ1n) is 5.69. The van der Waals surface area contributed by atoms with Gasteiger partial charge in [-0.05, 0) is 39.9 Å². The van der Waals surface area contributed by atoms with Crippen molar-refractivity contribution in [2.45, 2.75) is 11.8 Å². The van der Waals surface area contributed by atoms with Gasteiger partial charge in [-0.15, -0.1) is 0 Å². The fourth-order valence-corrected chi connectivity index (χ4v) is 2.51. The number of nitrogens with one attached hydrogen (secondary N) is 1. The second-order valence-corrected chi connectivity index (χ2v) is 5.70. The SMILES string of the molecule is COc1ccc2ccc(S(=O)(=O)NOC(C)=O)cc2c1. The summed E-state index contributed by atoms with van der Waals surface area (Å²) in [6, 6.07) is 9.90. The highest BCUT2D eigenvalue weighted by atomic mass is 32.2. The predicted molar refractivity (Wildman–Crippen MR) is 72.6 cm³/mol. The topological polar surface area (TPSA) is 81.7 Å². The zero-order valence-corrected chi connectivity index (χ0v) is 11.7. The Kier molecular flexibility index (Phi) is 3.91. The lowest BCUT2D eigenvalue weighted by Crippen LogP contribution is -2.26. The maximum atomic E-state index is 11.9. The summed E-state index contributed by atoms with van der Waals surface area (Å²) < 4.78 is 28.9. The summed E-state index contributed by atoms with van der Waals surface area (Å²) in [7, 11) is -2.37. The molecule has 6 nitrogen and oxygen atoms in total. The maximum Gasteiger partial charge on any atom is 0.323 e. The Labute approximate surface area is 116 Å². The first-order chi connectivity index (χ1) is 9.42. The summed E-state index contributed by atoms with van der Waals surface area (Å²) in [5.41, 5.74) is 0. The molecule has 2 rings (SSSR count). The molecule has 0 radical (unpaired) electrons. The number of ether oxygens (including phenoxy) is 1. The largest absolute Gasteiger partial charge is 0.497 e. The van der Waals surface area contributed by atoms with Crippen molar-refractivity contribution in [3.05, 3.63) is 36.4 Å². The minimum absolute atomic E-state index is 0.000460. The number of carbonyl (C=O) groups is 1. The molecular weight excluding hydrogens is 282 g/mol. The highest BCUT2D eigenvalue weighted by Crippen LogP contribution is 2.23. The van der Waals surface area contributed by atoms with Crippen molar-refractivity contribution in [3.8, 4) is 5.75 Å². The summed E-state index contributed by atoms with van der Waals surface area (Å²) in [5, 5.41) is 1.58. The van der Waals surface area contributed by atoms with Crippen LogP contribution in [0.3, 0.4) is 0 Å². The third kappa shape index (κ3) is 3.06. The average Bonchev–Trinajstić information content (AvgIpc) is 2.44.